The van der Waals surface area contributed by atoms with Gasteiger partial charge in [0.1, 0.15) is 0 Å². The Morgan fingerprint density at radius 3 is 2.18 bits per heavy atom. The molecule has 0 radical (unpaired) electrons. The lowest BCUT2D eigenvalue weighted by molar-refractivity contribution is -0.210. The van der Waals surface area contributed by atoms with Gasteiger partial charge in [0.15, 0.2) is 6.10 Å². The van der Waals surface area contributed by atoms with Crippen molar-refractivity contribution in [3.05, 3.63) is 35.4 Å². The summed E-state index contributed by atoms with van der Waals surface area (Å²) in [6.07, 6.45) is -3.08. The monoisotopic (exact) mass is 313 g/mol. The quantitative estimate of drug-likeness (QED) is 0.921. The Hall–Kier alpha value is -1.07. The Balaban J connectivity index is 1.67. The summed E-state index contributed by atoms with van der Waals surface area (Å²) >= 11 is 0. The van der Waals surface area contributed by atoms with Crippen molar-refractivity contribution in [3.8, 4) is 0 Å². The predicted molar refractivity (Wildman–Crippen MR) is 78.7 cm³/mol. The molecule has 2 saturated heterocycles. The van der Waals surface area contributed by atoms with E-state index in [0.717, 1.165) is 25.7 Å². The van der Waals surface area contributed by atoms with Crippen LogP contribution in [-0.4, -0.2) is 40.9 Å². The van der Waals surface area contributed by atoms with Crippen LogP contribution in [-0.2, 0) is 0 Å². The van der Waals surface area contributed by atoms with E-state index in [1.165, 1.54) is 11.1 Å². The molecule has 3 rings (SSSR count). The average molecular weight is 313 g/mol. The van der Waals surface area contributed by atoms with Crippen molar-refractivity contribution in [2.45, 2.75) is 62.9 Å². The number of nitrogens with zero attached hydrogens (tertiary/aromatic N) is 1. The SMILES string of the molecule is Cc1ccc(C2C[C@H]3CC[C@@H](C2)N3CC(O)C(F)(F)F)cc1. The van der Waals surface area contributed by atoms with Gasteiger partial charge in [-0.3, -0.25) is 4.90 Å². The van der Waals surface area contributed by atoms with Gasteiger partial charge in [0.25, 0.3) is 0 Å². The number of piperidine rings is 1. The zero-order valence-electron chi connectivity index (χ0n) is 12.7. The second-order valence-electron chi connectivity index (χ2n) is 6.72. The van der Waals surface area contributed by atoms with E-state index in [2.05, 4.69) is 31.2 Å². The molecule has 0 saturated carbocycles. The topological polar surface area (TPSA) is 23.5 Å². The fourth-order valence-corrected chi connectivity index (χ4v) is 3.99. The lowest BCUT2D eigenvalue weighted by Crippen LogP contribution is -2.49. The van der Waals surface area contributed by atoms with Crippen LogP contribution in [0, 0.1) is 6.92 Å². The molecule has 2 nitrogen and oxygen atoms in total. The molecule has 0 aliphatic carbocycles. The van der Waals surface area contributed by atoms with Crippen LogP contribution in [0.4, 0.5) is 13.2 Å². The number of rotatable bonds is 3. The standard InChI is InChI=1S/C17H22F3NO/c1-11-2-4-12(5-3-11)13-8-14-6-7-15(9-13)21(14)10-16(22)17(18,19)20/h2-5,13-16,22H,6-10H2,1H3/t13?,14-,15+,16?. The predicted octanol–water partition coefficient (Wildman–Crippen LogP) is 3.63. The highest BCUT2D eigenvalue weighted by atomic mass is 19.4. The number of hydrogen-bond donors (Lipinski definition) is 1. The van der Waals surface area contributed by atoms with Crippen LogP contribution in [0.5, 0.6) is 0 Å². The van der Waals surface area contributed by atoms with Gasteiger partial charge in [0.2, 0.25) is 0 Å². The number of hydrogen-bond acceptors (Lipinski definition) is 2. The number of aliphatic hydroxyl groups is 1. The van der Waals surface area contributed by atoms with Crippen LogP contribution in [0.25, 0.3) is 0 Å². The van der Waals surface area contributed by atoms with E-state index in [4.69, 9.17) is 0 Å². The van der Waals surface area contributed by atoms with Gasteiger partial charge in [-0.15, -0.1) is 0 Å². The molecule has 5 heteroatoms. The first kappa shape index (κ1) is 15.8. The third-order valence-electron chi connectivity index (χ3n) is 5.19. The Bertz CT molecular complexity index is 500. The molecular formula is C17H22F3NO. The highest BCUT2D eigenvalue weighted by Crippen LogP contribution is 2.43. The normalized spacial score (nSPS) is 30.5. The molecule has 2 unspecified atom stereocenters. The molecule has 122 valence electrons. The minimum absolute atomic E-state index is 0.169. The van der Waals surface area contributed by atoms with Crippen molar-refractivity contribution in [3.63, 3.8) is 0 Å². The highest BCUT2D eigenvalue weighted by molar-refractivity contribution is 5.26. The maximum Gasteiger partial charge on any atom is 0.415 e. The number of aliphatic hydroxyl groups excluding tert-OH is 1. The van der Waals surface area contributed by atoms with Crippen molar-refractivity contribution in [1.82, 2.24) is 4.90 Å². The molecule has 1 aromatic rings. The van der Waals surface area contributed by atoms with Crippen LogP contribution in [0.2, 0.25) is 0 Å². The summed E-state index contributed by atoms with van der Waals surface area (Å²) in [5.41, 5.74) is 2.51. The number of benzene rings is 1. The summed E-state index contributed by atoms with van der Waals surface area (Å²) in [5, 5.41) is 9.35. The van der Waals surface area contributed by atoms with E-state index >= 15 is 0 Å². The van der Waals surface area contributed by atoms with Crippen molar-refractivity contribution >= 4 is 0 Å². The van der Waals surface area contributed by atoms with E-state index in [-0.39, 0.29) is 18.6 Å². The molecule has 0 amide bonds. The van der Waals surface area contributed by atoms with Crippen LogP contribution >= 0.6 is 0 Å². The molecule has 1 aromatic carbocycles. The molecule has 4 atom stereocenters. The summed E-state index contributed by atoms with van der Waals surface area (Å²) in [6.45, 7) is 1.77. The van der Waals surface area contributed by atoms with Crippen molar-refractivity contribution in [2.24, 2.45) is 0 Å². The van der Waals surface area contributed by atoms with Gasteiger partial charge in [0.05, 0.1) is 0 Å². The van der Waals surface area contributed by atoms with Gasteiger partial charge >= 0.3 is 6.18 Å². The van der Waals surface area contributed by atoms with Crippen LogP contribution in [0.1, 0.15) is 42.7 Å². The maximum absolute atomic E-state index is 12.6. The summed E-state index contributed by atoms with van der Waals surface area (Å²) in [6, 6.07) is 8.80. The van der Waals surface area contributed by atoms with E-state index < -0.39 is 12.3 Å². The van der Waals surface area contributed by atoms with Gasteiger partial charge in [-0.2, -0.15) is 13.2 Å². The summed E-state index contributed by atoms with van der Waals surface area (Å²) in [5.74, 6) is 0.428. The van der Waals surface area contributed by atoms with Crippen molar-refractivity contribution in [2.75, 3.05) is 6.54 Å². The molecule has 2 heterocycles. The summed E-state index contributed by atoms with van der Waals surface area (Å²) < 4.78 is 37.7. The average Bonchev–Trinajstić information content (AvgIpc) is 2.69. The Kier molecular flexibility index (Phi) is 4.21. The maximum atomic E-state index is 12.6. The lowest BCUT2D eigenvalue weighted by Gasteiger charge is -2.40. The van der Waals surface area contributed by atoms with Crippen LogP contribution < -0.4 is 0 Å². The molecule has 2 bridgehead atoms. The smallest absolute Gasteiger partial charge is 0.382 e. The minimum atomic E-state index is -4.52. The molecule has 2 fully saturated rings. The largest absolute Gasteiger partial charge is 0.415 e. The third kappa shape index (κ3) is 3.15. The fraction of sp³-hybridized carbons (Fsp3) is 0.647. The molecule has 0 aromatic heterocycles. The number of aryl methyl sites for hydroxylation is 1. The number of alkyl halides is 3. The van der Waals surface area contributed by atoms with E-state index in [9.17, 15) is 18.3 Å². The van der Waals surface area contributed by atoms with E-state index in [0.29, 0.717) is 5.92 Å². The highest BCUT2D eigenvalue weighted by Gasteiger charge is 2.46. The van der Waals surface area contributed by atoms with E-state index in [1.54, 1.807) is 0 Å². The number of fused-ring (bicyclic) bond motifs is 2. The first-order chi connectivity index (χ1) is 10.3. The van der Waals surface area contributed by atoms with Gasteiger partial charge in [-0.25, -0.2) is 0 Å². The molecule has 0 spiro atoms. The van der Waals surface area contributed by atoms with Crippen molar-refractivity contribution in [1.29, 1.82) is 0 Å². The minimum Gasteiger partial charge on any atom is -0.382 e. The summed E-state index contributed by atoms with van der Waals surface area (Å²) in [7, 11) is 0. The number of halogens is 3. The van der Waals surface area contributed by atoms with Crippen molar-refractivity contribution < 1.29 is 18.3 Å². The molecule has 2 aliphatic rings. The Labute approximate surface area is 128 Å². The van der Waals surface area contributed by atoms with Crippen LogP contribution in [0.15, 0.2) is 24.3 Å². The molecule has 22 heavy (non-hydrogen) atoms. The second kappa shape index (κ2) is 5.85. The zero-order valence-corrected chi connectivity index (χ0v) is 12.7. The molecule has 1 N–H and O–H groups in total. The molecule has 2 aliphatic heterocycles. The fourth-order valence-electron chi connectivity index (χ4n) is 3.99. The zero-order chi connectivity index (χ0) is 15.9. The van der Waals surface area contributed by atoms with Gasteiger partial charge in [-0.05, 0) is 44.1 Å². The Morgan fingerprint density at radius 2 is 1.68 bits per heavy atom. The molecular weight excluding hydrogens is 291 g/mol. The first-order valence-corrected chi connectivity index (χ1v) is 7.91. The lowest BCUT2D eigenvalue weighted by atomic mass is 9.84. The third-order valence-corrected chi connectivity index (χ3v) is 5.19. The van der Waals surface area contributed by atoms with Gasteiger partial charge in [0, 0.05) is 18.6 Å². The van der Waals surface area contributed by atoms with Crippen LogP contribution in [0.3, 0.4) is 0 Å². The van der Waals surface area contributed by atoms with Gasteiger partial charge < -0.3 is 5.11 Å². The first-order valence-electron chi connectivity index (χ1n) is 7.91. The van der Waals surface area contributed by atoms with Gasteiger partial charge in [-0.1, -0.05) is 29.8 Å². The Morgan fingerprint density at radius 1 is 1.14 bits per heavy atom. The second-order valence-corrected chi connectivity index (χ2v) is 6.72. The summed E-state index contributed by atoms with van der Waals surface area (Å²) in [4.78, 5) is 1.89. The van der Waals surface area contributed by atoms with E-state index in [1.807, 2.05) is 4.90 Å².